The summed E-state index contributed by atoms with van der Waals surface area (Å²) in [7, 11) is 0. The monoisotopic (exact) mass is 215 g/mol. The van der Waals surface area contributed by atoms with Crippen molar-refractivity contribution in [1.29, 1.82) is 0 Å². The van der Waals surface area contributed by atoms with Crippen molar-refractivity contribution < 1.29 is 5.11 Å². The Hall–Kier alpha value is -0.160. The van der Waals surface area contributed by atoms with Crippen molar-refractivity contribution in [1.82, 2.24) is 9.80 Å². The Morgan fingerprint density at radius 1 is 1.13 bits per heavy atom. The van der Waals surface area contributed by atoms with E-state index in [4.69, 9.17) is 10.8 Å². The molecule has 1 heterocycles. The summed E-state index contributed by atoms with van der Waals surface area (Å²) in [4.78, 5) is 4.92. The SMILES string of the molecule is CC(N)CN1CCN(CCCCO)CC1. The van der Waals surface area contributed by atoms with Gasteiger partial charge in [0, 0.05) is 45.4 Å². The number of nitrogens with two attached hydrogens (primary N) is 1. The predicted molar refractivity (Wildman–Crippen MR) is 62.8 cm³/mol. The zero-order valence-electron chi connectivity index (χ0n) is 9.86. The van der Waals surface area contributed by atoms with Gasteiger partial charge >= 0.3 is 0 Å². The first-order valence-corrected chi connectivity index (χ1v) is 6.03. The Balaban J connectivity index is 2.07. The molecule has 15 heavy (non-hydrogen) atoms. The highest BCUT2D eigenvalue weighted by molar-refractivity contribution is 4.73. The molecular weight excluding hydrogens is 190 g/mol. The highest BCUT2D eigenvalue weighted by Crippen LogP contribution is 2.03. The highest BCUT2D eigenvalue weighted by Gasteiger charge is 2.16. The van der Waals surface area contributed by atoms with Gasteiger partial charge in [0.25, 0.3) is 0 Å². The van der Waals surface area contributed by atoms with Crippen molar-refractivity contribution in [2.24, 2.45) is 5.73 Å². The Bertz CT molecular complexity index is 156. The maximum Gasteiger partial charge on any atom is 0.0431 e. The van der Waals surface area contributed by atoms with Crippen LogP contribution < -0.4 is 5.73 Å². The number of hydrogen-bond donors (Lipinski definition) is 2. The molecule has 4 heteroatoms. The minimum atomic E-state index is 0.283. The Morgan fingerprint density at radius 2 is 1.73 bits per heavy atom. The van der Waals surface area contributed by atoms with E-state index in [0.717, 1.165) is 52.1 Å². The van der Waals surface area contributed by atoms with Crippen LogP contribution in [0.3, 0.4) is 0 Å². The van der Waals surface area contributed by atoms with Crippen LogP contribution in [0.15, 0.2) is 0 Å². The first-order valence-electron chi connectivity index (χ1n) is 6.03. The number of rotatable bonds is 6. The summed E-state index contributed by atoms with van der Waals surface area (Å²) in [6.45, 7) is 9.12. The second-order valence-electron chi connectivity index (χ2n) is 4.55. The fourth-order valence-corrected chi connectivity index (χ4v) is 2.05. The average Bonchev–Trinajstić information content (AvgIpc) is 2.20. The van der Waals surface area contributed by atoms with E-state index in [0.29, 0.717) is 6.61 Å². The predicted octanol–water partition coefficient (Wildman–Crippen LogP) is -0.276. The zero-order valence-corrected chi connectivity index (χ0v) is 9.86. The molecule has 0 radical (unpaired) electrons. The van der Waals surface area contributed by atoms with E-state index in [1.807, 2.05) is 0 Å². The summed E-state index contributed by atoms with van der Waals surface area (Å²) in [6.07, 6.45) is 2.05. The second-order valence-corrected chi connectivity index (χ2v) is 4.55. The van der Waals surface area contributed by atoms with Crippen LogP contribution in [0.1, 0.15) is 19.8 Å². The molecule has 0 bridgehead atoms. The molecule has 0 spiro atoms. The van der Waals surface area contributed by atoms with Crippen LogP contribution in [0.25, 0.3) is 0 Å². The maximum atomic E-state index is 8.70. The molecule has 0 aliphatic carbocycles. The molecule has 90 valence electrons. The van der Waals surface area contributed by atoms with Crippen molar-refractivity contribution in [2.75, 3.05) is 45.9 Å². The summed E-state index contributed by atoms with van der Waals surface area (Å²) < 4.78 is 0. The number of aliphatic hydroxyl groups excluding tert-OH is 1. The van der Waals surface area contributed by atoms with Gasteiger partial charge in [0.2, 0.25) is 0 Å². The molecule has 1 rings (SSSR count). The Morgan fingerprint density at radius 3 is 2.27 bits per heavy atom. The van der Waals surface area contributed by atoms with E-state index in [1.54, 1.807) is 0 Å². The zero-order chi connectivity index (χ0) is 11.1. The van der Waals surface area contributed by atoms with Gasteiger partial charge in [-0.05, 0) is 26.3 Å². The third-order valence-corrected chi connectivity index (χ3v) is 2.89. The topological polar surface area (TPSA) is 52.7 Å². The first kappa shape index (κ1) is 12.9. The molecule has 4 nitrogen and oxygen atoms in total. The van der Waals surface area contributed by atoms with E-state index < -0.39 is 0 Å². The van der Waals surface area contributed by atoms with E-state index >= 15 is 0 Å². The van der Waals surface area contributed by atoms with Crippen molar-refractivity contribution in [3.63, 3.8) is 0 Å². The lowest BCUT2D eigenvalue weighted by Crippen LogP contribution is -2.49. The van der Waals surface area contributed by atoms with Gasteiger partial charge in [-0.15, -0.1) is 0 Å². The maximum absolute atomic E-state index is 8.70. The van der Waals surface area contributed by atoms with Gasteiger partial charge in [0.1, 0.15) is 0 Å². The van der Waals surface area contributed by atoms with Gasteiger partial charge in [-0.3, -0.25) is 4.90 Å². The van der Waals surface area contributed by atoms with Crippen LogP contribution >= 0.6 is 0 Å². The van der Waals surface area contributed by atoms with E-state index in [9.17, 15) is 0 Å². The molecule has 1 saturated heterocycles. The van der Waals surface area contributed by atoms with Crippen molar-refractivity contribution >= 4 is 0 Å². The average molecular weight is 215 g/mol. The molecule has 0 aromatic carbocycles. The summed E-state index contributed by atoms with van der Waals surface area (Å²) in [5.74, 6) is 0. The van der Waals surface area contributed by atoms with Crippen LogP contribution in [0, 0.1) is 0 Å². The van der Waals surface area contributed by atoms with Gasteiger partial charge in [-0.1, -0.05) is 0 Å². The number of nitrogens with zero attached hydrogens (tertiary/aromatic N) is 2. The van der Waals surface area contributed by atoms with E-state index in [-0.39, 0.29) is 6.04 Å². The van der Waals surface area contributed by atoms with Crippen LogP contribution in [0.2, 0.25) is 0 Å². The lowest BCUT2D eigenvalue weighted by atomic mass is 10.2. The lowest BCUT2D eigenvalue weighted by Gasteiger charge is -2.35. The van der Waals surface area contributed by atoms with Crippen LogP contribution in [-0.2, 0) is 0 Å². The van der Waals surface area contributed by atoms with Crippen molar-refractivity contribution in [3.8, 4) is 0 Å². The van der Waals surface area contributed by atoms with Crippen LogP contribution in [-0.4, -0.2) is 66.8 Å². The van der Waals surface area contributed by atoms with Crippen LogP contribution in [0.4, 0.5) is 0 Å². The van der Waals surface area contributed by atoms with Gasteiger partial charge < -0.3 is 15.7 Å². The molecule has 1 atom stereocenters. The third kappa shape index (κ3) is 5.47. The Kier molecular flexibility index (Phi) is 6.17. The van der Waals surface area contributed by atoms with Gasteiger partial charge in [0.05, 0.1) is 0 Å². The highest BCUT2D eigenvalue weighted by atomic mass is 16.2. The molecule has 1 aliphatic heterocycles. The molecule has 1 aliphatic rings. The number of piperazine rings is 1. The largest absolute Gasteiger partial charge is 0.396 e. The molecule has 0 amide bonds. The molecule has 0 saturated carbocycles. The summed E-state index contributed by atoms with van der Waals surface area (Å²) in [5.41, 5.74) is 5.77. The van der Waals surface area contributed by atoms with Gasteiger partial charge in [0.15, 0.2) is 0 Å². The van der Waals surface area contributed by atoms with E-state index in [2.05, 4.69) is 16.7 Å². The first-order chi connectivity index (χ1) is 7.22. The van der Waals surface area contributed by atoms with E-state index in [1.165, 1.54) is 0 Å². The van der Waals surface area contributed by atoms with Crippen LogP contribution in [0.5, 0.6) is 0 Å². The number of aliphatic hydroxyl groups is 1. The fraction of sp³-hybridized carbons (Fsp3) is 1.00. The number of hydrogen-bond acceptors (Lipinski definition) is 4. The summed E-state index contributed by atoms with van der Waals surface area (Å²) >= 11 is 0. The minimum absolute atomic E-state index is 0.283. The Labute approximate surface area is 93.0 Å². The molecule has 0 aromatic heterocycles. The normalized spacial score (nSPS) is 21.8. The molecule has 1 fully saturated rings. The second kappa shape index (κ2) is 7.17. The standard InChI is InChI=1S/C11H25N3O/c1-11(12)10-14-7-5-13(6-8-14)4-2-3-9-15/h11,15H,2-10,12H2,1H3. The molecular formula is C11H25N3O. The number of unbranched alkanes of at least 4 members (excludes halogenated alkanes) is 1. The summed E-state index contributed by atoms with van der Waals surface area (Å²) in [6, 6.07) is 0.283. The quantitative estimate of drug-likeness (QED) is 0.599. The smallest absolute Gasteiger partial charge is 0.0431 e. The van der Waals surface area contributed by atoms with Gasteiger partial charge in [-0.2, -0.15) is 0 Å². The summed E-state index contributed by atoms with van der Waals surface area (Å²) in [5, 5.41) is 8.70. The van der Waals surface area contributed by atoms with Crippen molar-refractivity contribution in [2.45, 2.75) is 25.8 Å². The molecule has 0 aromatic rings. The lowest BCUT2D eigenvalue weighted by molar-refractivity contribution is 0.125. The third-order valence-electron chi connectivity index (χ3n) is 2.89. The molecule has 3 N–H and O–H groups in total. The minimum Gasteiger partial charge on any atom is -0.396 e. The van der Waals surface area contributed by atoms with Gasteiger partial charge in [-0.25, -0.2) is 0 Å². The molecule has 1 unspecified atom stereocenters. The van der Waals surface area contributed by atoms with Crippen molar-refractivity contribution in [3.05, 3.63) is 0 Å². The fourth-order valence-electron chi connectivity index (χ4n) is 2.05.